The van der Waals surface area contributed by atoms with Gasteiger partial charge < -0.3 is 14.5 Å². The quantitative estimate of drug-likeness (QED) is 0.733. The van der Waals surface area contributed by atoms with Crippen molar-refractivity contribution in [3.8, 4) is 0 Å². The van der Waals surface area contributed by atoms with Crippen LogP contribution in [0.2, 0.25) is 0 Å². The lowest BCUT2D eigenvalue weighted by Crippen LogP contribution is -2.47. The Labute approximate surface area is 154 Å². The molecule has 2 heterocycles. The van der Waals surface area contributed by atoms with E-state index in [0.717, 1.165) is 31.4 Å². The Morgan fingerprint density at radius 2 is 2.08 bits per heavy atom. The molecule has 1 fully saturated rings. The summed E-state index contributed by atoms with van der Waals surface area (Å²) < 4.78 is 5.10. The number of benzene rings is 1. The van der Waals surface area contributed by atoms with Gasteiger partial charge >= 0.3 is 5.97 Å². The molecule has 0 aromatic heterocycles. The van der Waals surface area contributed by atoms with Crippen LogP contribution in [0.25, 0.3) is 0 Å². The normalized spacial score (nSPS) is 22.5. The van der Waals surface area contributed by atoms with E-state index in [1.165, 1.54) is 5.56 Å². The predicted molar refractivity (Wildman–Crippen MR) is 97.6 cm³/mol. The minimum Gasteiger partial charge on any atom is -0.466 e. The molecule has 6 heteroatoms. The van der Waals surface area contributed by atoms with Crippen molar-refractivity contribution in [1.82, 2.24) is 4.90 Å². The third-order valence-corrected chi connectivity index (χ3v) is 4.90. The van der Waals surface area contributed by atoms with Crippen LogP contribution in [0, 0.1) is 5.92 Å². The highest BCUT2D eigenvalue weighted by atomic mass is 16.6. The fraction of sp³-hybridized carbons (Fsp3) is 0.550. The molecule has 0 radical (unpaired) electrons. The number of carbonyl (C=O) groups excluding carboxylic acids is 2. The lowest BCUT2D eigenvalue weighted by Gasteiger charge is -2.32. The number of hydrogen-bond acceptors (Lipinski definition) is 5. The van der Waals surface area contributed by atoms with E-state index >= 15 is 0 Å². The first-order valence-corrected chi connectivity index (χ1v) is 9.38. The van der Waals surface area contributed by atoms with Gasteiger partial charge in [0.15, 0.2) is 0 Å². The third kappa shape index (κ3) is 4.62. The fourth-order valence-electron chi connectivity index (χ4n) is 3.47. The van der Waals surface area contributed by atoms with Crippen LogP contribution in [0.5, 0.6) is 0 Å². The van der Waals surface area contributed by atoms with Gasteiger partial charge in [-0.05, 0) is 38.2 Å². The van der Waals surface area contributed by atoms with E-state index in [2.05, 4.69) is 17.3 Å². The van der Waals surface area contributed by atoms with Crippen LogP contribution in [0.1, 0.15) is 38.2 Å². The SMILES string of the molecule is CCOC(=O)C1CCCN(C(=O)C2CC(CCc3ccccc3)=NO2)C1. The molecule has 2 unspecified atom stereocenters. The number of likely N-dealkylation sites (tertiary alicyclic amines) is 1. The van der Waals surface area contributed by atoms with Gasteiger partial charge in [0.2, 0.25) is 6.10 Å². The van der Waals surface area contributed by atoms with Gasteiger partial charge in [-0.15, -0.1) is 0 Å². The van der Waals surface area contributed by atoms with Crippen LogP contribution < -0.4 is 0 Å². The van der Waals surface area contributed by atoms with Gasteiger partial charge in [0.05, 0.1) is 18.2 Å². The van der Waals surface area contributed by atoms with Gasteiger partial charge in [-0.3, -0.25) is 9.59 Å². The summed E-state index contributed by atoms with van der Waals surface area (Å²) in [6.07, 6.45) is 3.24. The summed E-state index contributed by atoms with van der Waals surface area (Å²) in [6, 6.07) is 10.2. The standard InChI is InChI=1S/C20H26N2O4/c1-2-25-20(24)16-9-6-12-22(14-16)19(23)18-13-17(21-26-18)11-10-15-7-4-3-5-8-15/h3-5,7-8,16,18H,2,6,9-14H2,1H3. The molecule has 2 atom stereocenters. The molecule has 0 saturated carbocycles. The molecule has 1 amide bonds. The number of aryl methyl sites for hydroxylation is 1. The number of oxime groups is 1. The van der Waals surface area contributed by atoms with E-state index in [9.17, 15) is 9.59 Å². The Morgan fingerprint density at radius 3 is 2.85 bits per heavy atom. The summed E-state index contributed by atoms with van der Waals surface area (Å²) in [5, 5.41) is 4.11. The highest BCUT2D eigenvalue weighted by Gasteiger charge is 2.36. The summed E-state index contributed by atoms with van der Waals surface area (Å²) in [5.41, 5.74) is 2.17. The molecule has 26 heavy (non-hydrogen) atoms. The number of hydrogen-bond donors (Lipinski definition) is 0. The molecule has 1 aromatic carbocycles. The second-order valence-corrected chi connectivity index (χ2v) is 6.82. The fourth-order valence-corrected chi connectivity index (χ4v) is 3.47. The van der Waals surface area contributed by atoms with Gasteiger partial charge in [0.1, 0.15) is 0 Å². The topological polar surface area (TPSA) is 68.2 Å². The first-order chi connectivity index (χ1) is 12.7. The molecule has 0 spiro atoms. The first-order valence-electron chi connectivity index (χ1n) is 9.38. The largest absolute Gasteiger partial charge is 0.466 e. The summed E-state index contributed by atoms with van der Waals surface area (Å²) in [4.78, 5) is 31.8. The molecule has 1 saturated heterocycles. The van der Waals surface area contributed by atoms with Crippen LogP contribution in [-0.4, -0.2) is 48.3 Å². The summed E-state index contributed by atoms with van der Waals surface area (Å²) in [5.74, 6) is -0.512. The molecule has 0 N–H and O–H groups in total. The summed E-state index contributed by atoms with van der Waals surface area (Å²) in [7, 11) is 0. The molecular weight excluding hydrogens is 332 g/mol. The van der Waals surface area contributed by atoms with Crippen LogP contribution in [0.3, 0.4) is 0 Å². The second kappa shape index (κ2) is 8.83. The highest BCUT2D eigenvalue weighted by Crippen LogP contribution is 2.22. The predicted octanol–water partition coefficient (Wildman–Crippen LogP) is 2.57. The lowest BCUT2D eigenvalue weighted by atomic mass is 9.97. The molecule has 0 aliphatic carbocycles. The number of esters is 1. The maximum absolute atomic E-state index is 12.7. The van der Waals surface area contributed by atoms with Crippen molar-refractivity contribution in [2.75, 3.05) is 19.7 Å². The molecular formula is C20H26N2O4. The van der Waals surface area contributed by atoms with Gasteiger partial charge in [0.25, 0.3) is 5.91 Å². The smallest absolute Gasteiger partial charge is 0.310 e. The zero-order valence-corrected chi connectivity index (χ0v) is 15.2. The highest BCUT2D eigenvalue weighted by molar-refractivity contribution is 5.93. The Morgan fingerprint density at radius 1 is 1.27 bits per heavy atom. The number of nitrogens with zero attached hydrogens (tertiary/aromatic N) is 2. The van der Waals surface area contributed by atoms with Crippen molar-refractivity contribution in [3.05, 3.63) is 35.9 Å². The van der Waals surface area contributed by atoms with E-state index < -0.39 is 6.10 Å². The number of piperidine rings is 1. The summed E-state index contributed by atoms with van der Waals surface area (Å²) >= 11 is 0. The Bertz CT molecular complexity index is 659. The van der Waals surface area contributed by atoms with Gasteiger partial charge in [0, 0.05) is 19.5 Å². The molecule has 2 aliphatic rings. The zero-order chi connectivity index (χ0) is 18.4. The average molecular weight is 358 g/mol. The minimum atomic E-state index is -0.554. The minimum absolute atomic E-state index is 0.0718. The first kappa shape index (κ1) is 18.4. The van der Waals surface area contributed by atoms with Gasteiger partial charge in [-0.25, -0.2) is 0 Å². The van der Waals surface area contributed by atoms with E-state index in [4.69, 9.17) is 9.57 Å². The number of ether oxygens (including phenoxy) is 1. The number of rotatable bonds is 6. The van der Waals surface area contributed by atoms with Crippen molar-refractivity contribution in [2.24, 2.45) is 11.1 Å². The molecule has 1 aromatic rings. The maximum atomic E-state index is 12.7. The third-order valence-electron chi connectivity index (χ3n) is 4.90. The van der Waals surface area contributed by atoms with Crippen LogP contribution in [0.4, 0.5) is 0 Å². The molecule has 140 valence electrons. The van der Waals surface area contributed by atoms with E-state index in [0.29, 0.717) is 26.1 Å². The lowest BCUT2D eigenvalue weighted by molar-refractivity contribution is -0.153. The number of amides is 1. The van der Waals surface area contributed by atoms with Crippen molar-refractivity contribution in [3.63, 3.8) is 0 Å². The van der Waals surface area contributed by atoms with E-state index in [-0.39, 0.29) is 17.8 Å². The van der Waals surface area contributed by atoms with E-state index in [1.807, 2.05) is 18.2 Å². The maximum Gasteiger partial charge on any atom is 0.310 e. The summed E-state index contributed by atoms with van der Waals surface area (Å²) in [6.45, 7) is 3.24. The molecule has 3 rings (SSSR count). The van der Waals surface area contributed by atoms with Crippen molar-refractivity contribution in [1.29, 1.82) is 0 Å². The molecule has 2 aliphatic heterocycles. The molecule has 0 bridgehead atoms. The Balaban J connectivity index is 1.48. The zero-order valence-electron chi connectivity index (χ0n) is 15.2. The molecule has 6 nitrogen and oxygen atoms in total. The van der Waals surface area contributed by atoms with Crippen molar-refractivity contribution in [2.45, 2.75) is 45.1 Å². The van der Waals surface area contributed by atoms with Gasteiger partial charge in [-0.1, -0.05) is 35.5 Å². The van der Waals surface area contributed by atoms with Gasteiger partial charge in [-0.2, -0.15) is 0 Å². The van der Waals surface area contributed by atoms with E-state index in [1.54, 1.807) is 11.8 Å². The average Bonchev–Trinajstić information content (AvgIpc) is 3.16. The number of carbonyl (C=O) groups is 2. The Kier molecular flexibility index (Phi) is 6.26. The van der Waals surface area contributed by atoms with Crippen LogP contribution in [-0.2, 0) is 25.6 Å². The van der Waals surface area contributed by atoms with Crippen molar-refractivity contribution < 1.29 is 19.2 Å². The Hall–Kier alpha value is -2.37. The van der Waals surface area contributed by atoms with Crippen LogP contribution >= 0.6 is 0 Å². The van der Waals surface area contributed by atoms with Crippen LogP contribution in [0.15, 0.2) is 35.5 Å². The second-order valence-electron chi connectivity index (χ2n) is 6.82. The van der Waals surface area contributed by atoms with Crippen molar-refractivity contribution >= 4 is 17.6 Å². The monoisotopic (exact) mass is 358 g/mol.